The standard InChI is InChI=1S/C15H18N2O2/c1-10-4-5-14(16)15(6-10)17-11-7-12(18-2)9-13(8-11)19-3/h4-9,17H,16H2,1-3H3. The second-order valence-corrected chi connectivity index (χ2v) is 4.32. The van der Waals surface area contributed by atoms with Crippen molar-refractivity contribution in [1.29, 1.82) is 0 Å². The zero-order valence-electron chi connectivity index (χ0n) is 11.4. The Morgan fingerprint density at radius 1 is 0.947 bits per heavy atom. The average Bonchev–Trinajstić information content (AvgIpc) is 2.42. The van der Waals surface area contributed by atoms with E-state index in [1.54, 1.807) is 14.2 Å². The van der Waals surface area contributed by atoms with Crippen molar-refractivity contribution in [3.8, 4) is 11.5 Å². The van der Waals surface area contributed by atoms with E-state index in [0.717, 1.165) is 28.4 Å². The predicted molar refractivity (Wildman–Crippen MR) is 78.4 cm³/mol. The third-order valence-corrected chi connectivity index (χ3v) is 2.84. The Morgan fingerprint density at radius 2 is 1.58 bits per heavy atom. The summed E-state index contributed by atoms with van der Waals surface area (Å²) in [5, 5.41) is 3.28. The number of nitrogen functional groups attached to an aromatic ring is 1. The van der Waals surface area contributed by atoms with Gasteiger partial charge >= 0.3 is 0 Å². The van der Waals surface area contributed by atoms with Gasteiger partial charge in [0.25, 0.3) is 0 Å². The molecule has 0 saturated carbocycles. The van der Waals surface area contributed by atoms with E-state index in [2.05, 4.69) is 5.32 Å². The van der Waals surface area contributed by atoms with Crippen LogP contribution in [0.3, 0.4) is 0 Å². The minimum absolute atomic E-state index is 0.701. The van der Waals surface area contributed by atoms with E-state index in [1.807, 2.05) is 43.3 Å². The van der Waals surface area contributed by atoms with Gasteiger partial charge in [0.05, 0.1) is 25.6 Å². The number of ether oxygens (including phenoxy) is 2. The molecule has 19 heavy (non-hydrogen) atoms. The van der Waals surface area contributed by atoms with Gasteiger partial charge in [-0.3, -0.25) is 0 Å². The van der Waals surface area contributed by atoms with Crippen molar-refractivity contribution >= 4 is 17.1 Å². The lowest BCUT2D eigenvalue weighted by Gasteiger charge is -2.13. The van der Waals surface area contributed by atoms with Gasteiger partial charge in [0.2, 0.25) is 0 Å². The Hall–Kier alpha value is -2.36. The molecule has 0 fully saturated rings. The van der Waals surface area contributed by atoms with Gasteiger partial charge in [0.1, 0.15) is 11.5 Å². The van der Waals surface area contributed by atoms with Gasteiger partial charge in [-0.2, -0.15) is 0 Å². The molecule has 4 nitrogen and oxygen atoms in total. The van der Waals surface area contributed by atoms with Crippen LogP contribution in [0, 0.1) is 6.92 Å². The average molecular weight is 258 g/mol. The quantitative estimate of drug-likeness (QED) is 0.826. The van der Waals surface area contributed by atoms with Crippen molar-refractivity contribution in [1.82, 2.24) is 0 Å². The molecule has 0 spiro atoms. The van der Waals surface area contributed by atoms with Gasteiger partial charge < -0.3 is 20.5 Å². The number of benzene rings is 2. The molecule has 2 rings (SSSR count). The van der Waals surface area contributed by atoms with E-state index in [9.17, 15) is 0 Å². The largest absolute Gasteiger partial charge is 0.497 e. The van der Waals surface area contributed by atoms with E-state index in [0.29, 0.717) is 5.69 Å². The van der Waals surface area contributed by atoms with Gasteiger partial charge in [-0.1, -0.05) is 6.07 Å². The second-order valence-electron chi connectivity index (χ2n) is 4.32. The molecule has 0 aliphatic heterocycles. The molecule has 4 heteroatoms. The summed E-state index contributed by atoms with van der Waals surface area (Å²) in [4.78, 5) is 0. The Bertz CT molecular complexity index is 560. The SMILES string of the molecule is COc1cc(Nc2cc(C)ccc2N)cc(OC)c1. The monoisotopic (exact) mass is 258 g/mol. The maximum Gasteiger partial charge on any atom is 0.124 e. The van der Waals surface area contributed by atoms with Crippen LogP contribution in [0.25, 0.3) is 0 Å². The number of hydrogen-bond donors (Lipinski definition) is 2. The zero-order chi connectivity index (χ0) is 13.8. The Kier molecular flexibility index (Phi) is 3.80. The van der Waals surface area contributed by atoms with Crippen molar-refractivity contribution in [2.75, 3.05) is 25.3 Å². The first-order valence-electron chi connectivity index (χ1n) is 5.98. The van der Waals surface area contributed by atoms with Crippen molar-refractivity contribution in [3.05, 3.63) is 42.0 Å². The minimum atomic E-state index is 0.701. The highest BCUT2D eigenvalue weighted by molar-refractivity contribution is 5.74. The first kappa shape index (κ1) is 13.1. The van der Waals surface area contributed by atoms with Crippen molar-refractivity contribution in [2.45, 2.75) is 6.92 Å². The smallest absolute Gasteiger partial charge is 0.124 e. The number of hydrogen-bond acceptors (Lipinski definition) is 4. The lowest BCUT2D eigenvalue weighted by atomic mass is 10.2. The normalized spacial score (nSPS) is 10.1. The van der Waals surface area contributed by atoms with Crippen LogP contribution in [0.2, 0.25) is 0 Å². The van der Waals surface area contributed by atoms with E-state index < -0.39 is 0 Å². The molecule has 0 atom stereocenters. The number of rotatable bonds is 4. The van der Waals surface area contributed by atoms with Crippen LogP contribution in [-0.4, -0.2) is 14.2 Å². The fraction of sp³-hybridized carbons (Fsp3) is 0.200. The minimum Gasteiger partial charge on any atom is -0.497 e. The van der Waals surface area contributed by atoms with Crippen LogP contribution in [0.5, 0.6) is 11.5 Å². The molecular formula is C15H18N2O2. The highest BCUT2D eigenvalue weighted by atomic mass is 16.5. The molecule has 0 radical (unpaired) electrons. The third-order valence-electron chi connectivity index (χ3n) is 2.84. The van der Waals surface area contributed by atoms with E-state index in [1.165, 1.54) is 0 Å². The highest BCUT2D eigenvalue weighted by Crippen LogP contribution is 2.30. The number of nitrogens with one attached hydrogen (secondary N) is 1. The summed E-state index contributed by atoms with van der Waals surface area (Å²) in [6.07, 6.45) is 0. The third kappa shape index (κ3) is 3.10. The number of aryl methyl sites for hydroxylation is 1. The number of methoxy groups -OCH3 is 2. The lowest BCUT2D eigenvalue weighted by molar-refractivity contribution is 0.395. The molecule has 0 heterocycles. The van der Waals surface area contributed by atoms with Crippen LogP contribution >= 0.6 is 0 Å². The molecule has 0 amide bonds. The molecule has 0 aliphatic rings. The van der Waals surface area contributed by atoms with Gasteiger partial charge in [-0.05, 0) is 24.6 Å². The fourth-order valence-electron chi connectivity index (χ4n) is 1.81. The summed E-state index contributed by atoms with van der Waals surface area (Å²) in [5.74, 6) is 1.46. The second kappa shape index (κ2) is 5.52. The van der Waals surface area contributed by atoms with Crippen LogP contribution in [0.1, 0.15) is 5.56 Å². The molecule has 0 aliphatic carbocycles. The van der Waals surface area contributed by atoms with Crippen LogP contribution in [0.4, 0.5) is 17.1 Å². The van der Waals surface area contributed by atoms with Crippen molar-refractivity contribution in [2.24, 2.45) is 0 Å². The lowest BCUT2D eigenvalue weighted by Crippen LogP contribution is -1.98. The van der Waals surface area contributed by atoms with Gasteiger partial charge in [-0.25, -0.2) is 0 Å². The van der Waals surface area contributed by atoms with Gasteiger partial charge in [0.15, 0.2) is 0 Å². The van der Waals surface area contributed by atoms with Gasteiger partial charge in [-0.15, -0.1) is 0 Å². The molecule has 0 saturated heterocycles. The Morgan fingerprint density at radius 3 is 2.16 bits per heavy atom. The van der Waals surface area contributed by atoms with Crippen molar-refractivity contribution in [3.63, 3.8) is 0 Å². The Balaban J connectivity index is 2.34. The van der Waals surface area contributed by atoms with Gasteiger partial charge in [0, 0.05) is 23.9 Å². The summed E-state index contributed by atoms with van der Waals surface area (Å²) in [5.41, 5.74) is 9.54. The maximum atomic E-state index is 5.95. The fourth-order valence-corrected chi connectivity index (χ4v) is 1.81. The van der Waals surface area contributed by atoms with Crippen LogP contribution in [0.15, 0.2) is 36.4 Å². The Labute approximate surface area is 113 Å². The zero-order valence-corrected chi connectivity index (χ0v) is 11.4. The summed E-state index contributed by atoms with van der Waals surface area (Å²) < 4.78 is 10.5. The van der Waals surface area contributed by atoms with Crippen LogP contribution < -0.4 is 20.5 Å². The van der Waals surface area contributed by atoms with E-state index >= 15 is 0 Å². The topological polar surface area (TPSA) is 56.5 Å². The molecule has 100 valence electrons. The molecule has 0 aromatic heterocycles. The maximum absolute atomic E-state index is 5.95. The highest BCUT2D eigenvalue weighted by Gasteiger charge is 2.04. The summed E-state index contributed by atoms with van der Waals surface area (Å²) in [6, 6.07) is 11.5. The molecular weight excluding hydrogens is 240 g/mol. The number of nitrogens with two attached hydrogens (primary N) is 1. The first-order valence-corrected chi connectivity index (χ1v) is 5.98. The molecule has 3 N–H and O–H groups in total. The molecule has 2 aromatic rings. The molecule has 0 bridgehead atoms. The first-order chi connectivity index (χ1) is 9.12. The number of anilines is 3. The summed E-state index contributed by atoms with van der Waals surface area (Å²) in [6.45, 7) is 2.02. The predicted octanol–water partition coefficient (Wildman–Crippen LogP) is 3.34. The van der Waals surface area contributed by atoms with Crippen molar-refractivity contribution < 1.29 is 9.47 Å². The van der Waals surface area contributed by atoms with E-state index in [4.69, 9.17) is 15.2 Å². The summed E-state index contributed by atoms with van der Waals surface area (Å²) in [7, 11) is 3.25. The molecule has 0 unspecified atom stereocenters. The van der Waals surface area contributed by atoms with Crippen LogP contribution in [-0.2, 0) is 0 Å². The molecule has 2 aromatic carbocycles. The van der Waals surface area contributed by atoms with E-state index in [-0.39, 0.29) is 0 Å². The summed E-state index contributed by atoms with van der Waals surface area (Å²) >= 11 is 0.